The number of hydrogen-bond acceptors (Lipinski definition) is 9. The zero-order valence-electron chi connectivity index (χ0n) is 21.0. The summed E-state index contributed by atoms with van der Waals surface area (Å²) in [5.41, 5.74) is -3.01. The summed E-state index contributed by atoms with van der Waals surface area (Å²) in [7, 11) is 0. The summed E-state index contributed by atoms with van der Waals surface area (Å²) in [5, 5.41) is 5.24. The van der Waals surface area contributed by atoms with E-state index < -0.39 is 35.2 Å². The number of nitrogens with one attached hydrogen (secondary N) is 2. The van der Waals surface area contributed by atoms with Crippen LogP contribution in [0, 0.1) is 0 Å². The maximum absolute atomic E-state index is 13.1. The minimum Gasteiger partial charge on any atom is -0.468 e. The summed E-state index contributed by atoms with van der Waals surface area (Å²) in [6.07, 6.45) is -7.51. The Kier molecular flexibility index (Phi) is 8.80. The van der Waals surface area contributed by atoms with Crippen LogP contribution in [0.5, 0.6) is 5.88 Å². The van der Waals surface area contributed by atoms with E-state index in [4.69, 9.17) is 4.74 Å². The summed E-state index contributed by atoms with van der Waals surface area (Å²) in [6.45, 7) is 3.68. The van der Waals surface area contributed by atoms with Crippen molar-refractivity contribution in [3.63, 3.8) is 0 Å². The molecule has 0 radical (unpaired) electrons. The number of anilines is 3. The van der Waals surface area contributed by atoms with Crippen molar-refractivity contribution in [3.05, 3.63) is 47.3 Å². The van der Waals surface area contributed by atoms with Crippen molar-refractivity contribution in [3.8, 4) is 5.88 Å². The number of nitrogens with zero attached hydrogens (tertiary/aromatic N) is 6. The van der Waals surface area contributed by atoms with Crippen LogP contribution in [0.3, 0.4) is 0 Å². The molecule has 10 nitrogen and oxygen atoms in total. The average Bonchev–Trinajstić information content (AvgIpc) is 3.38. The third-order valence-electron chi connectivity index (χ3n) is 5.75. The molecule has 2 amide bonds. The van der Waals surface area contributed by atoms with Gasteiger partial charge in [-0.25, -0.2) is 14.8 Å². The Morgan fingerprint density at radius 3 is 2.33 bits per heavy atom. The zero-order valence-corrected chi connectivity index (χ0v) is 21.8. The number of benzene rings is 1. The number of amides is 2. The number of hydrogen-bond donors (Lipinski definition) is 2. The maximum Gasteiger partial charge on any atom is 0.416 e. The minimum atomic E-state index is -5.02. The van der Waals surface area contributed by atoms with Crippen molar-refractivity contribution in [2.45, 2.75) is 32.3 Å². The number of aromatic nitrogens is 4. The van der Waals surface area contributed by atoms with Crippen LogP contribution in [0.1, 0.15) is 30.2 Å². The van der Waals surface area contributed by atoms with Gasteiger partial charge in [-0.3, -0.25) is 0 Å². The predicted octanol–water partition coefficient (Wildman–Crippen LogP) is 5.12. The second-order valence-corrected chi connectivity index (χ2v) is 9.21. The lowest BCUT2D eigenvalue weighted by Gasteiger charge is -2.34. The normalized spacial score (nSPS) is 14.3. The summed E-state index contributed by atoms with van der Waals surface area (Å²) >= 11 is 0.936. The highest BCUT2D eigenvalue weighted by atomic mass is 32.1. The van der Waals surface area contributed by atoms with Crippen molar-refractivity contribution in [1.29, 1.82) is 0 Å². The lowest BCUT2D eigenvalue weighted by atomic mass is 10.1. The molecule has 0 atom stereocenters. The van der Waals surface area contributed by atoms with Crippen LogP contribution in [0.4, 0.5) is 48.6 Å². The molecule has 0 saturated carbocycles. The number of piperazine rings is 1. The van der Waals surface area contributed by atoms with E-state index in [-0.39, 0.29) is 44.7 Å². The van der Waals surface area contributed by atoms with E-state index in [9.17, 15) is 31.1 Å². The Labute approximate surface area is 228 Å². The Balaban J connectivity index is 1.35. The highest BCUT2D eigenvalue weighted by Gasteiger charge is 2.37. The Morgan fingerprint density at radius 2 is 1.70 bits per heavy atom. The quantitative estimate of drug-likeness (QED) is 0.348. The second kappa shape index (κ2) is 12.1. The number of rotatable bonds is 8. The molecule has 1 fully saturated rings. The molecule has 216 valence electrons. The highest BCUT2D eigenvalue weighted by molar-refractivity contribution is 6.99. The highest BCUT2D eigenvalue weighted by Crippen LogP contribution is 2.37. The molecule has 0 aliphatic carbocycles. The first-order valence-electron chi connectivity index (χ1n) is 12.1. The fraction of sp³-hybridized carbons (Fsp3) is 0.435. The van der Waals surface area contributed by atoms with Crippen LogP contribution in [-0.4, -0.2) is 62.4 Å². The molecule has 0 bridgehead atoms. The zero-order chi connectivity index (χ0) is 28.9. The third kappa shape index (κ3) is 7.40. The molecule has 4 rings (SSSR count). The van der Waals surface area contributed by atoms with E-state index in [2.05, 4.69) is 29.3 Å². The van der Waals surface area contributed by atoms with Crippen LogP contribution in [0.15, 0.2) is 30.5 Å². The smallest absolute Gasteiger partial charge is 0.416 e. The molecule has 2 aromatic heterocycles. The summed E-state index contributed by atoms with van der Waals surface area (Å²) in [5.74, 6) is 1.21. The van der Waals surface area contributed by atoms with Crippen molar-refractivity contribution >= 4 is 35.2 Å². The van der Waals surface area contributed by atoms with Gasteiger partial charge in [0.2, 0.25) is 11.8 Å². The minimum absolute atomic E-state index is 0.00296. The molecule has 0 unspecified atom stereocenters. The molecule has 17 heteroatoms. The fourth-order valence-electron chi connectivity index (χ4n) is 3.75. The van der Waals surface area contributed by atoms with Gasteiger partial charge in [0.15, 0.2) is 0 Å². The molecule has 1 aliphatic rings. The Hall–Kier alpha value is -3.89. The second-order valence-electron chi connectivity index (χ2n) is 8.68. The molecule has 0 spiro atoms. The van der Waals surface area contributed by atoms with Crippen molar-refractivity contribution in [1.82, 2.24) is 23.6 Å². The lowest BCUT2D eigenvalue weighted by Crippen LogP contribution is -2.50. The fourth-order valence-corrected chi connectivity index (χ4v) is 4.27. The van der Waals surface area contributed by atoms with E-state index in [1.165, 1.54) is 4.90 Å². The van der Waals surface area contributed by atoms with E-state index in [0.29, 0.717) is 29.6 Å². The summed E-state index contributed by atoms with van der Waals surface area (Å²) < 4.78 is 93.0. The number of ether oxygens (including phenoxy) is 1. The van der Waals surface area contributed by atoms with Gasteiger partial charge in [-0.05, 0) is 30.7 Å². The van der Waals surface area contributed by atoms with Gasteiger partial charge >= 0.3 is 18.4 Å². The number of urea groups is 1. The largest absolute Gasteiger partial charge is 0.468 e. The molecular weight excluding hydrogens is 566 g/mol. The van der Waals surface area contributed by atoms with Crippen LogP contribution < -0.4 is 20.3 Å². The number of halogens is 6. The van der Waals surface area contributed by atoms with Crippen molar-refractivity contribution < 1.29 is 35.9 Å². The molecule has 40 heavy (non-hydrogen) atoms. The summed E-state index contributed by atoms with van der Waals surface area (Å²) in [6, 6.07) is 1.82. The number of carbonyl (C=O) groups is 1. The molecule has 1 aromatic carbocycles. The van der Waals surface area contributed by atoms with E-state index in [1.54, 1.807) is 12.3 Å². The Bertz CT molecular complexity index is 1280. The van der Waals surface area contributed by atoms with Gasteiger partial charge < -0.3 is 25.2 Å². The first-order valence-corrected chi connectivity index (χ1v) is 12.8. The van der Waals surface area contributed by atoms with Crippen LogP contribution in [-0.2, 0) is 19.0 Å². The van der Waals surface area contributed by atoms with Gasteiger partial charge in [-0.2, -0.15) is 30.7 Å². The Morgan fingerprint density at radius 1 is 1.02 bits per heavy atom. The first kappa shape index (κ1) is 29.1. The third-order valence-corrected chi connectivity index (χ3v) is 6.25. The van der Waals surface area contributed by atoms with E-state index in [1.807, 2.05) is 11.8 Å². The van der Waals surface area contributed by atoms with E-state index in [0.717, 1.165) is 24.7 Å². The van der Waals surface area contributed by atoms with Gasteiger partial charge in [0.25, 0.3) is 5.88 Å². The van der Waals surface area contributed by atoms with Crippen LogP contribution in [0.25, 0.3) is 0 Å². The lowest BCUT2D eigenvalue weighted by molar-refractivity contribution is -0.143. The monoisotopic (exact) mass is 590 g/mol. The van der Waals surface area contributed by atoms with Gasteiger partial charge in [0.05, 0.1) is 28.5 Å². The first-order chi connectivity index (χ1) is 18.9. The standard InChI is InChI=1S/C23H24F6N8O2S/c1-2-4-30-20-31-5-3-16(32-20)13-39-19-18(34-40-35-19)36-6-8-37(9-7-36)21(38)33-17-11-14(22(24,25)26)10-15(12-17)23(27,28)29/h3,5,10-12H,2,4,6-9,13H2,1H3,(H,33,38)(H,30,31,32). The van der Waals surface area contributed by atoms with Gasteiger partial charge in [0.1, 0.15) is 6.61 Å². The molecule has 2 N–H and O–H groups in total. The molecule has 3 heterocycles. The molecule has 3 aromatic rings. The van der Waals surface area contributed by atoms with Gasteiger partial charge in [0, 0.05) is 44.6 Å². The maximum atomic E-state index is 13.1. The molecular formula is C23H24F6N8O2S. The topological polar surface area (TPSA) is 108 Å². The van der Waals surface area contributed by atoms with Crippen LogP contribution in [0.2, 0.25) is 0 Å². The van der Waals surface area contributed by atoms with Crippen LogP contribution >= 0.6 is 11.7 Å². The number of carbonyl (C=O) groups excluding carboxylic acids is 1. The molecule has 1 aliphatic heterocycles. The number of alkyl halides is 6. The summed E-state index contributed by atoms with van der Waals surface area (Å²) in [4.78, 5) is 24.3. The van der Waals surface area contributed by atoms with Crippen molar-refractivity contribution in [2.75, 3.05) is 48.3 Å². The SMILES string of the molecule is CCCNc1nccc(COc2nsnc2N2CCN(C(=O)Nc3cc(C(F)(F)F)cc(C(F)(F)F)c3)CC2)n1. The molecule has 1 saturated heterocycles. The van der Waals surface area contributed by atoms with E-state index >= 15 is 0 Å². The van der Waals surface area contributed by atoms with Gasteiger partial charge in [-0.15, -0.1) is 4.37 Å². The van der Waals surface area contributed by atoms with Gasteiger partial charge in [-0.1, -0.05) is 6.92 Å². The van der Waals surface area contributed by atoms with Crippen molar-refractivity contribution in [2.24, 2.45) is 0 Å². The predicted molar refractivity (Wildman–Crippen MR) is 134 cm³/mol. The average molecular weight is 591 g/mol.